The van der Waals surface area contributed by atoms with Gasteiger partial charge in [-0.2, -0.15) is 4.98 Å². The van der Waals surface area contributed by atoms with Crippen LogP contribution in [0, 0.1) is 6.92 Å². The molecule has 1 unspecified atom stereocenters. The van der Waals surface area contributed by atoms with E-state index in [2.05, 4.69) is 15.5 Å². The van der Waals surface area contributed by atoms with Crippen LogP contribution in [0.4, 0.5) is 0 Å². The highest BCUT2D eigenvalue weighted by molar-refractivity contribution is 5.82. The lowest BCUT2D eigenvalue weighted by Gasteiger charge is -2.34. The van der Waals surface area contributed by atoms with E-state index in [4.69, 9.17) is 4.52 Å². The summed E-state index contributed by atoms with van der Waals surface area (Å²) in [4.78, 5) is 18.7. The van der Waals surface area contributed by atoms with E-state index in [1.54, 1.807) is 0 Å². The van der Waals surface area contributed by atoms with Gasteiger partial charge in [0.15, 0.2) is 5.82 Å². The smallest absolute Gasteiger partial charge is 0.239 e. The van der Waals surface area contributed by atoms with Crippen LogP contribution < -0.4 is 5.32 Å². The molecule has 2 fully saturated rings. The highest BCUT2D eigenvalue weighted by Gasteiger charge is 2.31. The first-order chi connectivity index (χ1) is 9.74. The van der Waals surface area contributed by atoms with Gasteiger partial charge in [-0.1, -0.05) is 11.6 Å². The zero-order chi connectivity index (χ0) is 13.9. The van der Waals surface area contributed by atoms with Crippen LogP contribution in [-0.2, 0) is 4.79 Å². The van der Waals surface area contributed by atoms with Crippen LogP contribution in [0.15, 0.2) is 4.52 Å². The maximum atomic E-state index is 12.4. The van der Waals surface area contributed by atoms with E-state index >= 15 is 0 Å². The molecule has 2 saturated heterocycles. The van der Waals surface area contributed by atoms with E-state index in [-0.39, 0.29) is 11.9 Å². The van der Waals surface area contributed by atoms with Crippen LogP contribution >= 0.6 is 0 Å². The third kappa shape index (κ3) is 2.85. The molecule has 20 heavy (non-hydrogen) atoms. The van der Waals surface area contributed by atoms with Crippen LogP contribution in [0.25, 0.3) is 0 Å². The molecule has 1 aromatic heterocycles. The van der Waals surface area contributed by atoms with Gasteiger partial charge in [-0.15, -0.1) is 0 Å². The normalized spacial score (nSPS) is 24.9. The Balaban J connectivity index is 1.54. The van der Waals surface area contributed by atoms with Gasteiger partial charge in [0.2, 0.25) is 11.8 Å². The molecule has 1 aromatic rings. The lowest BCUT2D eigenvalue weighted by atomic mass is 9.95. The lowest BCUT2D eigenvalue weighted by molar-refractivity contribution is -0.135. The van der Waals surface area contributed by atoms with E-state index < -0.39 is 0 Å². The van der Waals surface area contributed by atoms with Crippen molar-refractivity contribution in [2.75, 3.05) is 19.6 Å². The molecule has 1 atom stereocenters. The molecule has 0 spiro atoms. The van der Waals surface area contributed by atoms with Crippen molar-refractivity contribution in [3.05, 3.63) is 11.7 Å². The van der Waals surface area contributed by atoms with Crippen LogP contribution in [0.2, 0.25) is 0 Å². The summed E-state index contributed by atoms with van der Waals surface area (Å²) in [5.41, 5.74) is 0. The molecular weight excluding hydrogens is 256 g/mol. The van der Waals surface area contributed by atoms with Crippen molar-refractivity contribution in [3.63, 3.8) is 0 Å². The summed E-state index contributed by atoms with van der Waals surface area (Å²) >= 11 is 0. The fraction of sp³-hybridized carbons (Fsp3) is 0.786. The minimum atomic E-state index is 0.0333. The summed E-state index contributed by atoms with van der Waals surface area (Å²) in [5, 5.41) is 7.17. The van der Waals surface area contributed by atoms with Crippen molar-refractivity contribution in [3.8, 4) is 0 Å². The second-order valence-electron chi connectivity index (χ2n) is 5.78. The van der Waals surface area contributed by atoms with Gasteiger partial charge in [-0.3, -0.25) is 4.79 Å². The van der Waals surface area contributed by atoms with E-state index in [9.17, 15) is 4.79 Å². The average molecular weight is 278 g/mol. The van der Waals surface area contributed by atoms with Gasteiger partial charge in [0.1, 0.15) is 0 Å². The van der Waals surface area contributed by atoms with Gasteiger partial charge in [0.05, 0.1) is 6.04 Å². The number of carbonyl (C=O) groups excluding carboxylic acids is 1. The molecule has 6 nitrogen and oxygen atoms in total. The molecular formula is C14H22N4O2. The topological polar surface area (TPSA) is 71.3 Å². The number of piperidine rings is 2. The number of nitrogens with zero attached hydrogens (tertiary/aromatic N) is 3. The molecule has 1 amide bonds. The zero-order valence-corrected chi connectivity index (χ0v) is 12.0. The number of likely N-dealkylation sites (tertiary alicyclic amines) is 1. The Morgan fingerprint density at radius 3 is 2.70 bits per heavy atom. The number of hydrogen-bond acceptors (Lipinski definition) is 5. The minimum Gasteiger partial charge on any atom is -0.341 e. The SMILES string of the molecule is Cc1noc(C2CCN(C(=O)C3CCCCN3)CC2)n1. The van der Waals surface area contributed by atoms with Crippen LogP contribution in [0.1, 0.15) is 49.7 Å². The van der Waals surface area contributed by atoms with E-state index in [0.717, 1.165) is 51.2 Å². The number of aryl methyl sites for hydroxylation is 1. The summed E-state index contributed by atoms with van der Waals surface area (Å²) in [6.07, 6.45) is 5.14. The highest BCUT2D eigenvalue weighted by atomic mass is 16.5. The Morgan fingerprint density at radius 2 is 2.10 bits per heavy atom. The summed E-state index contributed by atoms with van der Waals surface area (Å²) in [7, 11) is 0. The molecule has 0 radical (unpaired) electrons. The van der Waals surface area contributed by atoms with Gasteiger partial charge < -0.3 is 14.7 Å². The Kier molecular flexibility index (Phi) is 4.00. The fourth-order valence-corrected chi connectivity index (χ4v) is 3.11. The number of hydrogen-bond donors (Lipinski definition) is 1. The minimum absolute atomic E-state index is 0.0333. The predicted octanol–water partition coefficient (Wildman–Crippen LogP) is 1.23. The summed E-state index contributed by atoms with van der Waals surface area (Å²) in [6, 6.07) is 0.0333. The highest BCUT2D eigenvalue weighted by Crippen LogP contribution is 2.27. The largest absolute Gasteiger partial charge is 0.341 e. The Labute approximate surface area is 118 Å². The Bertz CT molecular complexity index is 459. The third-order valence-electron chi connectivity index (χ3n) is 4.31. The standard InChI is InChI=1S/C14H22N4O2/c1-10-16-13(20-17-10)11-5-8-18(9-6-11)14(19)12-4-2-3-7-15-12/h11-12,15H,2-9H2,1H3. The number of nitrogens with one attached hydrogen (secondary N) is 1. The molecule has 2 aliphatic rings. The van der Waals surface area contributed by atoms with Crippen molar-refractivity contribution in [2.45, 2.75) is 51.0 Å². The first-order valence-corrected chi connectivity index (χ1v) is 7.56. The van der Waals surface area contributed by atoms with E-state index in [0.29, 0.717) is 11.7 Å². The van der Waals surface area contributed by atoms with E-state index in [1.165, 1.54) is 6.42 Å². The lowest BCUT2D eigenvalue weighted by Crippen LogP contribution is -2.50. The quantitative estimate of drug-likeness (QED) is 0.881. The fourth-order valence-electron chi connectivity index (χ4n) is 3.11. The number of amides is 1. The molecule has 3 rings (SSSR count). The number of rotatable bonds is 2. The van der Waals surface area contributed by atoms with Crippen molar-refractivity contribution < 1.29 is 9.32 Å². The second kappa shape index (κ2) is 5.91. The average Bonchev–Trinajstić information content (AvgIpc) is 2.94. The van der Waals surface area contributed by atoms with Crippen molar-refractivity contribution >= 4 is 5.91 Å². The first kappa shape index (κ1) is 13.5. The van der Waals surface area contributed by atoms with E-state index in [1.807, 2.05) is 11.8 Å². The number of carbonyl (C=O) groups is 1. The van der Waals surface area contributed by atoms with Crippen molar-refractivity contribution in [1.29, 1.82) is 0 Å². The molecule has 0 saturated carbocycles. The van der Waals surface area contributed by atoms with Gasteiger partial charge in [-0.25, -0.2) is 0 Å². The molecule has 110 valence electrons. The van der Waals surface area contributed by atoms with Crippen LogP contribution in [0.5, 0.6) is 0 Å². The molecule has 1 N–H and O–H groups in total. The third-order valence-corrected chi connectivity index (χ3v) is 4.31. The molecule has 0 bridgehead atoms. The summed E-state index contributed by atoms with van der Waals surface area (Å²) in [6.45, 7) is 4.39. The predicted molar refractivity (Wildman–Crippen MR) is 73.2 cm³/mol. The molecule has 0 aromatic carbocycles. The maximum Gasteiger partial charge on any atom is 0.239 e. The molecule has 6 heteroatoms. The first-order valence-electron chi connectivity index (χ1n) is 7.56. The van der Waals surface area contributed by atoms with Gasteiger partial charge in [0, 0.05) is 19.0 Å². The van der Waals surface area contributed by atoms with Crippen molar-refractivity contribution in [2.24, 2.45) is 0 Å². The second-order valence-corrected chi connectivity index (χ2v) is 5.78. The monoisotopic (exact) mass is 278 g/mol. The van der Waals surface area contributed by atoms with Crippen LogP contribution in [-0.4, -0.2) is 46.6 Å². The van der Waals surface area contributed by atoms with Gasteiger partial charge in [0.25, 0.3) is 0 Å². The molecule has 2 aliphatic heterocycles. The summed E-state index contributed by atoms with van der Waals surface area (Å²) in [5.74, 6) is 1.99. The van der Waals surface area contributed by atoms with Crippen molar-refractivity contribution in [1.82, 2.24) is 20.4 Å². The van der Waals surface area contributed by atoms with Crippen LogP contribution in [0.3, 0.4) is 0 Å². The zero-order valence-electron chi connectivity index (χ0n) is 12.0. The van der Waals surface area contributed by atoms with Gasteiger partial charge >= 0.3 is 0 Å². The number of aromatic nitrogens is 2. The summed E-state index contributed by atoms with van der Waals surface area (Å²) < 4.78 is 5.24. The molecule has 3 heterocycles. The Morgan fingerprint density at radius 1 is 1.30 bits per heavy atom. The molecule has 0 aliphatic carbocycles. The maximum absolute atomic E-state index is 12.4. The Hall–Kier alpha value is -1.43. The van der Waals surface area contributed by atoms with Gasteiger partial charge in [-0.05, 0) is 39.2 Å².